The second-order valence-electron chi connectivity index (χ2n) is 11.9. The van der Waals surface area contributed by atoms with Crippen molar-refractivity contribution in [1.29, 1.82) is 0 Å². The van der Waals surface area contributed by atoms with Crippen molar-refractivity contribution in [2.45, 2.75) is 110 Å². The SMILES string of the molecule is CC1(C)CC(C(CC(=O)O)(C(=O)O)C2CC(C)(C)NC(C)(C)C2)CC(C)(C)N1. The van der Waals surface area contributed by atoms with Crippen LogP contribution in [0.2, 0.25) is 0 Å². The van der Waals surface area contributed by atoms with Gasteiger partial charge in [0.15, 0.2) is 0 Å². The van der Waals surface area contributed by atoms with E-state index < -0.39 is 17.4 Å². The third-order valence-electron chi connectivity index (χ3n) is 6.68. The summed E-state index contributed by atoms with van der Waals surface area (Å²) in [5.74, 6) is -2.39. The third-order valence-corrected chi connectivity index (χ3v) is 6.68. The summed E-state index contributed by atoms with van der Waals surface area (Å²) in [4.78, 5) is 24.9. The Morgan fingerprint density at radius 1 is 0.750 bits per heavy atom. The van der Waals surface area contributed by atoms with Gasteiger partial charge in [-0.2, -0.15) is 0 Å². The standard InChI is InChI=1S/C22H40N2O4/c1-18(2)9-14(10-19(3,4)23-18)22(17(27)28,13-16(25)26)15-11-20(5,6)24-21(7,8)12-15/h14-15,23-24H,9-13H2,1-8H3,(H,25,26)(H,27,28). The largest absolute Gasteiger partial charge is 0.481 e. The van der Waals surface area contributed by atoms with Crippen molar-refractivity contribution in [2.75, 3.05) is 0 Å². The summed E-state index contributed by atoms with van der Waals surface area (Å²) in [7, 11) is 0. The Bertz CT molecular complexity index is 566. The summed E-state index contributed by atoms with van der Waals surface area (Å²) in [5.41, 5.74) is -2.26. The molecule has 0 aliphatic carbocycles. The highest BCUT2D eigenvalue weighted by atomic mass is 16.4. The second kappa shape index (κ2) is 6.98. The first-order valence-corrected chi connectivity index (χ1v) is 10.4. The van der Waals surface area contributed by atoms with Crippen molar-refractivity contribution in [3.05, 3.63) is 0 Å². The van der Waals surface area contributed by atoms with Crippen molar-refractivity contribution >= 4 is 11.9 Å². The zero-order chi connectivity index (χ0) is 21.8. The first-order chi connectivity index (χ1) is 12.4. The van der Waals surface area contributed by atoms with Gasteiger partial charge in [-0.05, 0) is 92.9 Å². The van der Waals surface area contributed by atoms with Crippen LogP contribution >= 0.6 is 0 Å². The predicted octanol–water partition coefficient (Wildman–Crippen LogP) is 3.65. The van der Waals surface area contributed by atoms with Gasteiger partial charge in [-0.25, -0.2) is 0 Å². The molecule has 28 heavy (non-hydrogen) atoms. The summed E-state index contributed by atoms with van der Waals surface area (Å²) in [6.07, 6.45) is 2.29. The molecule has 2 aliphatic heterocycles. The van der Waals surface area contributed by atoms with Crippen LogP contribution in [-0.2, 0) is 9.59 Å². The van der Waals surface area contributed by atoms with E-state index in [1.165, 1.54) is 0 Å². The molecule has 0 aromatic carbocycles. The van der Waals surface area contributed by atoms with Gasteiger partial charge in [0.25, 0.3) is 0 Å². The van der Waals surface area contributed by atoms with Gasteiger partial charge < -0.3 is 20.8 Å². The van der Waals surface area contributed by atoms with Crippen LogP contribution in [0, 0.1) is 17.3 Å². The maximum Gasteiger partial charge on any atom is 0.310 e. The first kappa shape index (κ1) is 23.1. The Morgan fingerprint density at radius 2 is 1.04 bits per heavy atom. The highest BCUT2D eigenvalue weighted by Gasteiger charge is 2.59. The van der Waals surface area contributed by atoms with Gasteiger partial charge in [0.2, 0.25) is 0 Å². The number of hydrogen-bond donors (Lipinski definition) is 4. The minimum atomic E-state index is -1.28. The fraction of sp³-hybridized carbons (Fsp3) is 0.909. The summed E-state index contributed by atoms with van der Waals surface area (Å²) >= 11 is 0. The zero-order valence-corrected chi connectivity index (χ0v) is 18.9. The maximum absolute atomic E-state index is 12.9. The van der Waals surface area contributed by atoms with Crippen molar-refractivity contribution in [2.24, 2.45) is 17.3 Å². The third kappa shape index (κ3) is 4.88. The van der Waals surface area contributed by atoms with E-state index in [0.717, 1.165) is 0 Å². The van der Waals surface area contributed by atoms with Gasteiger partial charge in [-0.1, -0.05) is 0 Å². The lowest BCUT2D eigenvalue weighted by Crippen LogP contribution is -2.65. The normalized spacial score (nSPS) is 27.3. The van der Waals surface area contributed by atoms with E-state index in [0.29, 0.717) is 25.7 Å². The molecule has 0 aromatic heterocycles. The van der Waals surface area contributed by atoms with E-state index in [1.54, 1.807) is 0 Å². The molecule has 6 heteroatoms. The Morgan fingerprint density at radius 3 is 1.25 bits per heavy atom. The lowest BCUT2D eigenvalue weighted by atomic mass is 9.53. The molecule has 2 aliphatic rings. The summed E-state index contributed by atoms with van der Waals surface area (Å²) in [6, 6.07) is 0. The fourth-order valence-corrected chi connectivity index (χ4v) is 6.67. The Labute approximate surface area is 169 Å². The lowest BCUT2D eigenvalue weighted by molar-refractivity contribution is -0.172. The summed E-state index contributed by atoms with van der Waals surface area (Å²) < 4.78 is 0. The van der Waals surface area contributed by atoms with Gasteiger partial charge in [-0.3, -0.25) is 9.59 Å². The molecule has 162 valence electrons. The van der Waals surface area contributed by atoms with Gasteiger partial charge >= 0.3 is 11.9 Å². The second-order valence-corrected chi connectivity index (χ2v) is 11.9. The molecule has 0 atom stereocenters. The van der Waals surface area contributed by atoms with Crippen LogP contribution in [0.15, 0.2) is 0 Å². The number of aliphatic carboxylic acids is 2. The van der Waals surface area contributed by atoms with Crippen LogP contribution < -0.4 is 10.6 Å². The van der Waals surface area contributed by atoms with Crippen molar-refractivity contribution in [3.8, 4) is 0 Å². The maximum atomic E-state index is 12.9. The molecule has 0 bridgehead atoms. The zero-order valence-electron chi connectivity index (χ0n) is 18.9. The van der Waals surface area contributed by atoms with Crippen LogP contribution in [0.1, 0.15) is 87.5 Å². The van der Waals surface area contributed by atoms with Gasteiger partial charge in [0.05, 0.1) is 11.8 Å². The number of carboxylic acid groups (broad SMARTS) is 2. The summed E-state index contributed by atoms with van der Waals surface area (Å²) in [5, 5.41) is 27.6. The molecule has 2 fully saturated rings. The van der Waals surface area contributed by atoms with E-state index in [4.69, 9.17) is 0 Å². The smallest absolute Gasteiger partial charge is 0.310 e. The molecular weight excluding hydrogens is 356 g/mol. The predicted molar refractivity (Wildman–Crippen MR) is 110 cm³/mol. The molecule has 6 nitrogen and oxygen atoms in total. The van der Waals surface area contributed by atoms with E-state index in [2.05, 4.69) is 66.0 Å². The number of hydrogen-bond acceptors (Lipinski definition) is 4. The number of rotatable bonds is 5. The molecule has 2 heterocycles. The van der Waals surface area contributed by atoms with Crippen LogP contribution in [0.3, 0.4) is 0 Å². The van der Waals surface area contributed by atoms with Gasteiger partial charge in [-0.15, -0.1) is 0 Å². The Balaban J connectivity index is 2.60. The average molecular weight is 397 g/mol. The molecule has 0 aromatic rings. The summed E-state index contributed by atoms with van der Waals surface area (Å²) in [6.45, 7) is 16.7. The first-order valence-electron chi connectivity index (χ1n) is 10.4. The molecule has 0 saturated carbocycles. The Kier molecular flexibility index (Phi) is 5.77. The highest BCUT2D eigenvalue weighted by molar-refractivity contribution is 5.82. The molecule has 0 radical (unpaired) electrons. The Hall–Kier alpha value is -1.14. The molecule has 0 amide bonds. The minimum absolute atomic E-state index is 0.206. The van der Waals surface area contributed by atoms with E-state index in [9.17, 15) is 19.8 Å². The van der Waals surface area contributed by atoms with Crippen LogP contribution in [0.4, 0.5) is 0 Å². The van der Waals surface area contributed by atoms with Crippen molar-refractivity contribution in [1.82, 2.24) is 10.6 Å². The van der Waals surface area contributed by atoms with E-state index in [1.807, 2.05) is 0 Å². The van der Waals surface area contributed by atoms with Crippen LogP contribution in [0.5, 0.6) is 0 Å². The van der Waals surface area contributed by atoms with E-state index in [-0.39, 0.29) is 40.4 Å². The van der Waals surface area contributed by atoms with Gasteiger partial charge in [0.1, 0.15) is 0 Å². The van der Waals surface area contributed by atoms with Gasteiger partial charge in [0, 0.05) is 22.2 Å². The van der Waals surface area contributed by atoms with Crippen molar-refractivity contribution in [3.63, 3.8) is 0 Å². The molecule has 0 unspecified atom stereocenters. The molecule has 2 rings (SSSR count). The van der Waals surface area contributed by atoms with Crippen LogP contribution in [-0.4, -0.2) is 44.3 Å². The quantitative estimate of drug-likeness (QED) is 0.566. The number of carbonyl (C=O) groups is 2. The van der Waals surface area contributed by atoms with Crippen LogP contribution in [0.25, 0.3) is 0 Å². The lowest BCUT2D eigenvalue weighted by Gasteiger charge is -2.57. The number of carboxylic acids is 2. The number of nitrogens with one attached hydrogen (secondary N) is 2. The molecule has 4 N–H and O–H groups in total. The number of piperidine rings is 2. The molecule has 0 spiro atoms. The minimum Gasteiger partial charge on any atom is -0.481 e. The van der Waals surface area contributed by atoms with Crippen molar-refractivity contribution < 1.29 is 19.8 Å². The highest BCUT2D eigenvalue weighted by Crippen LogP contribution is 2.54. The molecular formula is C22H40N2O4. The van der Waals surface area contributed by atoms with E-state index >= 15 is 0 Å². The molecule has 2 saturated heterocycles. The fourth-order valence-electron chi connectivity index (χ4n) is 6.67. The topological polar surface area (TPSA) is 98.7 Å². The average Bonchev–Trinajstić information content (AvgIpc) is 2.36. The monoisotopic (exact) mass is 396 g/mol.